The molecule has 0 aliphatic rings. The smallest absolute Gasteiger partial charge is 0.243 e. The van der Waals surface area contributed by atoms with E-state index in [0.717, 1.165) is 0 Å². The molecule has 0 fully saturated rings. The van der Waals surface area contributed by atoms with Gasteiger partial charge in [-0.1, -0.05) is 20.8 Å². The first kappa shape index (κ1) is 13.6. The molecular formula is C10H18N2O3. The summed E-state index contributed by atoms with van der Waals surface area (Å²) in [6, 6.07) is -0.577. The highest BCUT2D eigenvalue weighted by molar-refractivity contribution is 5.89. The second kappa shape index (κ2) is 6.98. The van der Waals surface area contributed by atoms with Crippen LogP contribution in [0, 0.1) is 5.92 Å². The molecule has 0 aromatic carbocycles. The Morgan fingerprint density at radius 3 is 2.33 bits per heavy atom. The molecule has 0 radical (unpaired) electrons. The molecule has 0 rings (SSSR count). The van der Waals surface area contributed by atoms with E-state index in [4.69, 9.17) is 0 Å². The van der Waals surface area contributed by atoms with Gasteiger partial charge in [0.2, 0.25) is 12.3 Å². The zero-order valence-corrected chi connectivity index (χ0v) is 9.37. The summed E-state index contributed by atoms with van der Waals surface area (Å²) in [5.41, 5.74) is 0. The van der Waals surface area contributed by atoms with Crippen molar-refractivity contribution in [3.63, 3.8) is 0 Å². The summed E-state index contributed by atoms with van der Waals surface area (Å²) in [6.45, 7) is 5.40. The molecule has 2 amide bonds. The van der Waals surface area contributed by atoms with Crippen LogP contribution in [0.5, 0.6) is 0 Å². The Morgan fingerprint density at radius 1 is 1.33 bits per heavy atom. The highest BCUT2D eigenvalue weighted by atomic mass is 16.2. The van der Waals surface area contributed by atoms with E-state index in [2.05, 4.69) is 10.6 Å². The minimum atomic E-state index is -0.577. The lowest BCUT2D eigenvalue weighted by molar-refractivity contribution is -0.128. The van der Waals surface area contributed by atoms with Gasteiger partial charge in [0.15, 0.2) is 5.78 Å². The van der Waals surface area contributed by atoms with Crippen molar-refractivity contribution in [1.29, 1.82) is 0 Å². The van der Waals surface area contributed by atoms with Gasteiger partial charge in [-0.2, -0.15) is 0 Å². The first-order chi connectivity index (χ1) is 7.02. The van der Waals surface area contributed by atoms with E-state index in [1.807, 2.05) is 13.8 Å². The number of nitrogens with one attached hydrogen (secondary N) is 2. The van der Waals surface area contributed by atoms with Crippen LogP contribution in [-0.2, 0) is 14.4 Å². The molecule has 1 atom stereocenters. The van der Waals surface area contributed by atoms with Gasteiger partial charge in [0.25, 0.3) is 0 Å². The van der Waals surface area contributed by atoms with Crippen molar-refractivity contribution in [3.05, 3.63) is 0 Å². The number of amides is 2. The Balaban J connectivity index is 4.14. The van der Waals surface area contributed by atoms with E-state index in [-0.39, 0.29) is 24.2 Å². The van der Waals surface area contributed by atoms with Crippen molar-refractivity contribution in [3.8, 4) is 0 Å². The van der Waals surface area contributed by atoms with Crippen LogP contribution in [-0.4, -0.2) is 30.7 Å². The number of hydrogen-bond donors (Lipinski definition) is 2. The molecule has 0 bridgehead atoms. The Labute approximate surface area is 89.6 Å². The van der Waals surface area contributed by atoms with E-state index >= 15 is 0 Å². The summed E-state index contributed by atoms with van der Waals surface area (Å²) in [5.74, 6) is -0.359. The first-order valence-corrected chi connectivity index (χ1v) is 5.02. The Hall–Kier alpha value is -1.39. The van der Waals surface area contributed by atoms with Crippen molar-refractivity contribution in [2.75, 3.05) is 6.54 Å². The highest BCUT2D eigenvalue weighted by Crippen LogP contribution is 2.00. The monoisotopic (exact) mass is 214 g/mol. The van der Waals surface area contributed by atoms with Crippen LogP contribution in [0.25, 0.3) is 0 Å². The van der Waals surface area contributed by atoms with Gasteiger partial charge in [0.1, 0.15) is 6.04 Å². The van der Waals surface area contributed by atoms with Crippen LogP contribution in [0.2, 0.25) is 0 Å². The van der Waals surface area contributed by atoms with Crippen LogP contribution in [0.15, 0.2) is 0 Å². The van der Waals surface area contributed by atoms with Crippen LogP contribution in [0.3, 0.4) is 0 Å². The van der Waals surface area contributed by atoms with E-state index < -0.39 is 6.04 Å². The fourth-order valence-corrected chi connectivity index (χ4v) is 1.06. The number of carbonyl (C=O) groups is 3. The molecule has 0 aliphatic heterocycles. The molecule has 15 heavy (non-hydrogen) atoms. The fourth-order valence-electron chi connectivity index (χ4n) is 1.06. The largest absolute Gasteiger partial charge is 0.347 e. The van der Waals surface area contributed by atoms with Gasteiger partial charge in [0, 0.05) is 6.42 Å². The standard InChI is InChI=1S/C10H18N2O3/c1-4-8(14)5-11-10(15)9(7(2)3)12-6-13/h6-7,9H,4-5H2,1-3H3,(H,11,15)(H,12,13). The average Bonchev–Trinajstić information content (AvgIpc) is 2.21. The van der Waals surface area contributed by atoms with Gasteiger partial charge in [0.05, 0.1) is 6.54 Å². The minimum absolute atomic E-state index is 0.00747. The fraction of sp³-hybridized carbons (Fsp3) is 0.700. The molecule has 0 aromatic rings. The van der Waals surface area contributed by atoms with Crippen molar-refractivity contribution in [2.45, 2.75) is 33.2 Å². The van der Waals surface area contributed by atoms with Gasteiger partial charge in [-0.05, 0) is 5.92 Å². The maximum absolute atomic E-state index is 11.5. The van der Waals surface area contributed by atoms with E-state index in [1.165, 1.54) is 0 Å². The second-order valence-corrected chi connectivity index (χ2v) is 3.62. The molecule has 0 aliphatic carbocycles. The van der Waals surface area contributed by atoms with Crippen molar-refractivity contribution >= 4 is 18.1 Å². The third kappa shape index (κ3) is 5.15. The van der Waals surface area contributed by atoms with E-state index in [9.17, 15) is 14.4 Å². The van der Waals surface area contributed by atoms with Crippen LogP contribution in [0.4, 0.5) is 0 Å². The Bertz CT molecular complexity index is 239. The van der Waals surface area contributed by atoms with E-state index in [0.29, 0.717) is 12.8 Å². The van der Waals surface area contributed by atoms with Crippen molar-refractivity contribution < 1.29 is 14.4 Å². The zero-order valence-electron chi connectivity index (χ0n) is 9.37. The summed E-state index contributed by atoms with van der Waals surface area (Å²) in [7, 11) is 0. The van der Waals surface area contributed by atoms with Gasteiger partial charge in [-0.3, -0.25) is 14.4 Å². The van der Waals surface area contributed by atoms with Gasteiger partial charge < -0.3 is 10.6 Å². The van der Waals surface area contributed by atoms with Gasteiger partial charge in [-0.25, -0.2) is 0 Å². The molecule has 0 saturated carbocycles. The minimum Gasteiger partial charge on any atom is -0.347 e. The normalized spacial score (nSPS) is 12.0. The first-order valence-electron chi connectivity index (χ1n) is 5.02. The molecule has 5 heteroatoms. The molecule has 0 saturated heterocycles. The topological polar surface area (TPSA) is 75.3 Å². The lowest BCUT2D eigenvalue weighted by atomic mass is 10.0. The van der Waals surface area contributed by atoms with Gasteiger partial charge in [-0.15, -0.1) is 0 Å². The van der Waals surface area contributed by atoms with E-state index in [1.54, 1.807) is 6.92 Å². The molecule has 5 nitrogen and oxygen atoms in total. The third-order valence-electron chi connectivity index (χ3n) is 2.05. The molecular weight excluding hydrogens is 196 g/mol. The average molecular weight is 214 g/mol. The molecule has 2 N–H and O–H groups in total. The van der Waals surface area contributed by atoms with Gasteiger partial charge >= 0.3 is 0 Å². The summed E-state index contributed by atoms with van der Waals surface area (Å²) < 4.78 is 0. The molecule has 86 valence electrons. The molecule has 1 unspecified atom stereocenters. The summed E-state index contributed by atoms with van der Waals surface area (Å²) >= 11 is 0. The quantitative estimate of drug-likeness (QED) is 0.579. The zero-order chi connectivity index (χ0) is 11.8. The number of rotatable bonds is 7. The summed E-state index contributed by atoms with van der Waals surface area (Å²) in [5, 5.41) is 4.91. The van der Waals surface area contributed by atoms with Crippen molar-refractivity contribution in [2.24, 2.45) is 5.92 Å². The van der Waals surface area contributed by atoms with Crippen LogP contribution >= 0.6 is 0 Å². The number of ketones is 1. The maximum Gasteiger partial charge on any atom is 0.243 e. The maximum atomic E-state index is 11.5. The van der Waals surface area contributed by atoms with Crippen LogP contribution in [0.1, 0.15) is 27.2 Å². The highest BCUT2D eigenvalue weighted by Gasteiger charge is 2.21. The lowest BCUT2D eigenvalue weighted by Crippen LogP contribution is -2.48. The lowest BCUT2D eigenvalue weighted by Gasteiger charge is -2.18. The third-order valence-corrected chi connectivity index (χ3v) is 2.05. The van der Waals surface area contributed by atoms with Crippen molar-refractivity contribution in [1.82, 2.24) is 10.6 Å². The Kier molecular flexibility index (Phi) is 6.33. The number of hydrogen-bond acceptors (Lipinski definition) is 3. The Morgan fingerprint density at radius 2 is 1.93 bits per heavy atom. The second-order valence-electron chi connectivity index (χ2n) is 3.62. The number of carbonyl (C=O) groups excluding carboxylic acids is 3. The van der Waals surface area contributed by atoms with Crippen LogP contribution < -0.4 is 10.6 Å². The molecule has 0 heterocycles. The SMILES string of the molecule is CCC(=O)CNC(=O)C(NC=O)C(C)C. The summed E-state index contributed by atoms with van der Waals surface area (Å²) in [6.07, 6.45) is 0.889. The predicted octanol–water partition coefficient (Wildman–Crippen LogP) is -0.148. The number of Topliss-reactive ketones (excluding diaryl/α,β-unsaturated/α-hetero) is 1. The molecule has 0 spiro atoms. The summed E-state index contributed by atoms with van der Waals surface area (Å²) in [4.78, 5) is 32.7. The predicted molar refractivity (Wildman–Crippen MR) is 56.1 cm³/mol. The molecule has 0 aromatic heterocycles.